The van der Waals surface area contributed by atoms with Crippen LogP contribution < -0.4 is 5.32 Å². The Kier molecular flexibility index (Phi) is 3.58. The van der Waals surface area contributed by atoms with Crippen LogP contribution in [0.3, 0.4) is 0 Å². The summed E-state index contributed by atoms with van der Waals surface area (Å²) in [5.74, 6) is 1.11. The summed E-state index contributed by atoms with van der Waals surface area (Å²) in [6.07, 6.45) is 0. The maximum absolute atomic E-state index is 5.08. The molecule has 0 spiro atoms. The van der Waals surface area contributed by atoms with Gasteiger partial charge in [-0.1, -0.05) is 13.0 Å². The van der Waals surface area contributed by atoms with E-state index in [4.69, 9.17) is 4.74 Å². The third-order valence-corrected chi connectivity index (χ3v) is 2.61. The number of fused-ring (bicyclic) bond motifs is 1. The largest absolute Gasteiger partial charge is 0.384 e. The Hall–Kier alpha value is -1.62. The molecule has 0 aliphatic rings. The fraction of sp³-hybridized carbons (Fsp3) is 0.500. The molecule has 17 heavy (non-hydrogen) atoms. The zero-order chi connectivity index (χ0) is 12.3. The first-order valence-electron chi connectivity index (χ1n) is 5.76. The Labute approximate surface area is 101 Å². The van der Waals surface area contributed by atoms with Gasteiger partial charge in [0.2, 0.25) is 5.95 Å². The lowest BCUT2D eigenvalue weighted by molar-refractivity contribution is 0.164. The highest BCUT2D eigenvalue weighted by atomic mass is 16.5. The number of methoxy groups -OCH3 is 1. The van der Waals surface area contributed by atoms with Crippen LogP contribution in [0.25, 0.3) is 5.65 Å². The monoisotopic (exact) mass is 234 g/mol. The molecule has 0 saturated heterocycles. The van der Waals surface area contributed by atoms with E-state index in [0.717, 1.165) is 24.5 Å². The first-order chi connectivity index (χ1) is 8.20. The summed E-state index contributed by atoms with van der Waals surface area (Å²) >= 11 is 0. The summed E-state index contributed by atoms with van der Waals surface area (Å²) in [5, 5.41) is 7.62. The Balaban J connectivity index is 2.07. The molecule has 0 bridgehead atoms. The number of anilines is 1. The van der Waals surface area contributed by atoms with Gasteiger partial charge in [-0.05, 0) is 25.0 Å². The minimum atomic E-state index is 0.438. The third kappa shape index (κ3) is 2.74. The number of nitrogens with one attached hydrogen (secondary N) is 1. The molecule has 0 fully saturated rings. The van der Waals surface area contributed by atoms with Crippen LogP contribution in [0.15, 0.2) is 18.2 Å². The highest BCUT2D eigenvalue weighted by Gasteiger charge is 2.06. The molecule has 1 atom stereocenters. The highest BCUT2D eigenvalue weighted by Crippen LogP contribution is 2.08. The molecule has 2 aromatic rings. The number of ether oxygens (including phenoxy) is 1. The SMILES string of the molecule is COCC(C)CNc1nc2cccc(C)n2n1. The van der Waals surface area contributed by atoms with Crippen LogP contribution in [0.4, 0.5) is 5.95 Å². The minimum absolute atomic E-state index is 0.438. The van der Waals surface area contributed by atoms with E-state index in [0.29, 0.717) is 11.9 Å². The fourth-order valence-corrected chi connectivity index (χ4v) is 1.72. The van der Waals surface area contributed by atoms with E-state index in [-0.39, 0.29) is 0 Å². The van der Waals surface area contributed by atoms with Crippen LogP contribution in [-0.2, 0) is 4.74 Å². The Bertz CT molecular complexity index is 494. The molecular weight excluding hydrogens is 216 g/mol. The normalized spacial score (nSPS) is 12.9. The van der Waals surface area contributed by atoms with E-state index < -0.39 is 0 Å². The van der Waals surface area contributed by atoms with Gasteiger partial charge in [-0.15, -0.1) is 5.10 Å². The molecule has 0 saturated carbocycles. The second kappa shape index (κ2) is 5.14. The number of aromatic nitrogens is 3. The number of hydrogen-bond donors (Lipinski definition) is 1. The molecule has 0 amide bonds. The summed E-state index contributed by atoms with van der Waals surface area (Å²) in [6.45, 7) is 5.68. The van der Waals surface area contributed by atoms with Crippen molar-refractivity contribution < 1.29 is 4.74 Å². The van der Waals surface area contributed by atoms with Crippen LogP contribution in [0, 0.1) is 12.8 Å². The van der Waals surface area contributed by atoms with Crippen LogP contribution in [0.1, 0.15) is 12.6 Å². The Morgan fingerprint density at radius 2 is 2.29 bits per heavy atom. The van der Waals surface area contributed by atoms with Gasteiger partial charge in [-0.25, -0.2) is 4.52 Å². The molecule has 0 aliphatic carbocycles. The van der Waals surface area contributed by atoms with Crippen molar-refractivity contribution in [3.05, 3.63) is 23.9 Å². The fourth-order valence-electron chi connectivity index (χ4n) is 1.72. The Morgan fingerprint density at radius 3 is 3.00 bits per heavy atom. The quantitative estimate of drug-likeness (QED) is 0.856. The minimum Gasteiger partial charge on any atom is -0.384 e. The smallest absolute Gasteiger partial charge is 0.243 e. The molecule has 1 N–H and O–H groups in total. The predicted molar refractivity (Wildman–Crippen MR) is 67.3 cm³/mol. The summed E-state index contributed by atoms with van der Waals surface area (Å²) in [5.41, 5.74) is 1.94. The standard InChI is InChI=1S/C12H18N4O/c1-9(8-17-3)7-13-12-14-11-6-4-5-10(2)16(11)15-12/h4-6,9H,7-8H2,1-3H3,(H,13,15). The molecule has 92 valence electrons. The van der Waals surface area contributed by atoms with Crippen molar-refractivity contribution in [3.8, 4) is 0 Å². The van der Waals surface area contributed by atoms with Gasteiger partial charge in [0.25, 0.3) is 0 Å². The second-order valence-electron chi connectivity index (χ2n) is 4.31. The summed E-state index contributed by atoms with van der Waals surface area (Å²) in [7, 11) is 1.71. The lowest BCUT2D eigenvalue weighted by Crippen LogP contribution is -2.16. The second-order valence-corrected chi connectivity index (χ2v) is 4.31. The lowest BCUT2D eigenvalue weighted by Gasteiger charge is -2.09. The van der Waals surface area contributed by atoms with E-state index in [2.05, 4.69) is 22.3 Å². The molecule has 2 rings (SSSR count). The summed E-state index contributed by atoms with van der Waals surface area (Å²) < 4.78 is 6.92. The molecular formula is C12H18N4O. The van der Waals surface area contributed by atoms with Crippen LogP contribution in [-0.4, -0.2) is 34.9 Å². The molecule has 0 aromatic carbocycles. The van der Waals surface area contributed by atoms with Gasteiger partial charge >= 0.3 is 0 Å². The number of nitrogens with zero attached hydrogens (tertiary/aromatic N) is 3. The summed E-state index contributed by atoms with van der Waals surface area (Å²) in [6, 6.07) is 5.94. The third-order valence-electron chi connectivity index (χ3n) is 2.61. The van der Waals surface area contributed by atoms with Gasteiger partial charge in [-0.3, -0.25) is 0 Å². The summed E-state index contributed by atoms with van der Waals surface area (Å²) in [4.78, 5) is 4.41. The number of hydrogen-bond acceptors (Lipinski definition) is 4. The van der Waals surface area contributed by atoms with E-state index in [1.165, 1.54) is 0 Å². The maximum atomic E-state index is 5.08. The highest BCUT2D eigenvalue weighted by molar-refractivity contribution is 5.44. The molecule has 5 nitrogen and oxygen atoms in total. The lowest BCUT2D eigenvalue weighted by atomic mass is 10.2. The zero-order valence-corrected chi connectivity index (χ0v) is 10.5. The van der Waals surface area contributed by atoms with Crippen LogP contribution in [0.2, 0.25) is 0 Å². The molecule has 2 aromatic heterocycles. The molecule has 2 heterocycles. The first-order valence-corrected chi connectivity index (χ1v) is 5.76. The molecule has 0 radical (unpaired) electrons. The van der Waals surface area contributed by atoms with Crippen molar-refractivity contribution in [2.75, 3.05) is 25.6 Å². The topological polar surface area (TPSA) is 51.5 Å². The van der Waals surface area contributed by atoms with Gasteiger partial charge in [0, 0.05) is 19.3 Å². The molecule has 5 heteroatoms. The van der Waals surface area contributed by atoms with Crippen LogP contribution in [0.5, 0.6) is 0 Å². The molecule has 1 unspecified atom stereocenters. The predicted octanol–water partition coefficient (Wildman–Crippen LogP) is 1.73. The van der Waals surface area contributed by atoms with Crippen molar-refractivity contribution >= 4 is 11.6 Å². The van der Waals surface area contributed by atoms with Gasteiger partial charge in [-0.2, -0.15) is 4.98 Å². The average Bonchev–Trinajstić information content (AvgIpc) is 2.71. The number of aryl methyl sites for hydroxylation is 1. The van der Waals surface area contributed by atoms with Gasteiger partial charge < -0.3 is 10.1 Å². The molecule has 0 aliphatic heterocycles. The van der Waals surface area contributed by atoms with Crippen molar-refractivity contribution in [2.24, 2.45) is 5.92 Å². The maximum Gasteiger partial charge on any atom is 0.243 e. The van der Waals surface area contributed by atoms with E-state index in [9.17, 15) is 0 Å². The van der Waals surface area contributed by atoms with Crippen molar-refractivity contribution in [1.29, 1.82) is 0 Å². The number of pyridine rings is 1. The van der Waals surface area contributed by atoms with Crippen molar-refractivity contribution in [3.63, 3.8) is 0 Å². The van der Waals surface area contributed by atoms with Crippen molar-refractivity contribution in [2.45, 2.75) is 13.8 Å². The van der Waals surface area contributed by atoms with E-state index in [1.807, 2.05) is 29.6 Å². The Morgan fingerprint density at radius 1 is 1.47 bits per heavy atom. The van der Waals surface area contributed by atoms with Crippen molar-refractivity contribution in [1.82, 2.24) is 14.6 Å². The number of rotatable bonds is 5. The first kappa shape index (κ1) is 11.9. The van der Waals surface area contributed by atoms with E-state index in [1.54, 1.807) is 7.11 Å². The van der Waals surface area contributed by atoms with Gasteiger partial charge in [0.05, 0.1) is 6.61 Å². The average molecular weight is 234 g/mol. The van der Waals surface area contributed by atoms with Gasteiger partial charge in [0.15, 0.2) is 5.65 Å². The van der Waals surface area contributed by atoms with Gasteiger partial charge in [0.1, 0.15) is 0 Å². The van der Waals surface area contributed by atoms with Crippen LogP contribution >= 0.6 is 0 Å². The zero-order valence-electron chi connectivity index (χ0n) is 10.5. The van der Waals surface area contributed by atoms with E-state index >= 15 is 0 Å².